The van der Waals surface area contributed by atoms with Crippen LogP contribution in [0.4, 0.5) is 0 Å². The molecule has 0 aromatic heterocycles. The molecule has 1 unspecified atom stereocenters. The van der Waals surface area contributed by atoms with E-state index in [2.05, 4.69) is 26.8 Å². The standard InChI is InChI=1S/C26H44O4/c1-6-29-17(3)30-15-16(2)21-9-10-22-20-8-7-18-13-19(27)14-24(28)26(18,5)23(20)11-12-25(21,22)4/h7,16-17,19-24,27-28H,6,8-15H2,1-5H3/t16-,17?,19-,20+,21-,22+,23+,24+,25-,26+/m1/s1. The summed E-state index contributed by atoms with van der Waals surface area (Å²) in [6, 6.07) is 0. The van der Waals surface area contributed by atoms with Gasteiger partial charge in [-0.25, -0.2) is 0 Å². The Kier molecular flexibility index (Phi) is 6.45. The van der Waals surface area contributed by atoms with Gasteiger partial charge in [0.15, 0.2) is 6.29 Å². The van der Waals surface area contributed by atoms with Gasteiger partial charge in [-0.15, -0.1) is 0 Å². The monoisotopic (exact) mass is 420 g/mol. The SMILES string of the molecule is CCOC(C)OC[C@@H](C)[C@H]1CC[C@H]2[C@@H]3CC=C4C[C@@H](O)C[C@H](O)[C@]4(C)[C@H]3CC[C@]12C. The summed E-state index contributed by atoms with van der Waals surface area (Å²) in [5.41, 5.74) is 1.57. The number of hydrogen-bond donors (Lipinski definition) is 2. The van der Waals surface area contributed by atoms with Crippen molar-refractivity contribution in [2.75, 3.05) is 13.2 Å². The highest BCUT2D eigenvalue weighted by atomic mass is 16.7. The molecule has 0 heterocycles. The lowest BCUT2D eigenvalue weighted by Crippen LogP contribution is -2.55. The molecule has 4 heteroatoms. The summed E-state index contributed by atoms with van der Waals surface area (Å²) in [6.07, 6.45) is 9.00. The molecule has 0 aromatic carbocycles. The Morgan fingerprint density at radius 1 is 1.10 bits per heavy atom. The van der Waals surface area contributed by atoms with Gasteiger partial charge in [0, 0.05) is 18.4 Å². The summed E-state index contributed by atoms with van der Waals surface area (Å²) >= 11 is 0. The summed E-state index contributed by atoms with van der Waals surface area (Å²) in [5.74, 6) is 3.21. The maximum Gasteiger partial charge on any atom is 0.154 e. The predicted octanol–water partition coefficient (Wildman–Crippen LogP) is 4.93. The number of allylic oxidation sites excluding steroid dienone is 1. The highest BCUT2D eigenvalue weighted by Crippen LogP contribution is 2.67. The summed E-state index contributed by atoms with van der Waals surface area (Å²) in [7, 11) is 0. The van der Waals surface area contributed by atoms with Crippen molar-refractivity contribution in [3.8, 4) is 0 Å². The molecular formula is C26H44O4. The molecule has 0 bridgehead atoms. The van der Waals surface area contributed by atoms with Crippen LogP contribution in [0.25, 0.3) is 0 Å². The summed E-state index contributed by atoms with van der Waals surface area (Å²) in [5, 5.41) is 21.3. The van der Waals surface area contributed by atoms with Crippen molar-refractivity contribution in [1.29, 1.82) is 0 Å². The van der Waals surface area contributed by atoms with E-state index in [0.29, 0.717) is 42.1 Å². The molecule has 2 N–H and O–H groups in total. The molecule has 0 aromatic rings. The first-order chi connectivity index (χ1) is 14.2. The van der Waals surface area contributed by atoms with Crippen LogP contribution in [0.15, 0.2) is 11.6 Å². The van der Waals surface area contributed by atoms with Crippen LogP contribution in [0.3, 0.4) is 0 Å². The molecule has 4 aliphatic rings. The number of fused-ring (bicyclic) bond motifs is 5. The Bertz CT molecular complexity index is 647. The third-order valence-corrected chi connectivity index (χ3v) is 9.93. The molecule has 3 saturated carbocycles. The molecule has 4 rings (SSSR count). The molecule has 30 heavy (non-hydrogen) atoms. The fourth-order valence-electron chi connectivity index (χ4n) is 8.36. The Balaban J connectivity index is 1.50. The second-order valence-electron chi connectivity index (χ2n) is 11.3. The number of rotatable bonds is 6. The first-order valence-electron chi connectivity index (χ1n) is 12.5. The average molecular weight is 421 g/mol. The van der Waals surface area contributed by atoms with Crippen molar-refractivity contribution in [1.82, 2.24) is 0 Å². The van der Waals surface area contributed by atoms with E-state index in [9.17, 15) is 10.2 Å². The van der Waals surface area contributed by atoms with E-state index in [1.807, 2.05) is 13.8 Å². The van der Waals surface area contributed by atoms with Gasteiger partial charge < -0.3 is 19.7 Å². The highest BCUT2D eigenvalue weighted by Gasteiger charge is 2.60. The lowest BCUT2D eigenvalue weighted by molar-refractivity contribution is -0.145. The van der Waals surface area contributed by atoms with E-state index in [4.69, 9.17) is 9.47 Å². The number of aliphatic hydroxyl groups is 2. The van der Waals surface area contributed by atoms with Crippen LogP contribution >= 0.6 is 0 Å². The van der Waals surface area contributed by atoms with Gasteiger partial charge in [0.1, 0.15) is 0 Å². The van der Waals surface area contributed by atoms with E-state index in [-0.39, 0.29) is 17.8 Å². The largest absolute Gasteiger partial charge is 0.393 e. The van der Waals surface area contributed by atoms with Crippen LogP contribution in [0, 0.1) is 40.4 Å². The summed E-state index contributed by atoms with van der Waals surface area (Å²) in [6.45, 7) is 12.7. The van der Waals surface area contributed by atoms with Crippen LogP contribution in [-0.4, -0.2) is 41.9 Å². The molecule has 0 aliphatic heterocycles. The van der Waals surface area contributed by atoms with Gasteiger partial charge in [-0.2, -0.15) is 0 Å². The van der Waals surface area contributed by atoms with E-state index in [1.165, 1.54) is 31.3 Å². The van der Waals surface area contributed by atoms with Crippen LogP contribution in [-0.2, 0) is 9.47 Å². The van der Waals surface area contributed by atoms with Crippen LogP contribution in [0.2, 0.25) is 0 Å². The number of aliphatic hydroxyl groups excluding tert-OH is 2. The fraction of sp³-hybridized carbons (Fsp3) is 0.923. The van der Waals surface area contributed by atoms with Crippen molar-refractivity contribution < 1.29 is 19.7 Å². The van der Waals surface area contributed by atoms with Gasteiger partial charge in [-0.05, 0) is 87.4 Å². The predicted molar refractivity (Wildman–Crippen MR) is 119 cm³/mol. The minimum Gasteiger partial charge on any atom is -0.393 e. The molecule has 3 fully saturated rings. The van der Waals surface area contributed by atoms with E-state index in [0.717, 1.165) is 25.4 Å². The third kappa shape index (κ3) is 3.60. The molecule has 4 aliphatic carbocycles. The summed E-state index contributed by atoms with van der Waals surface area (Å²) < 4.78 is 11.6. The molecule has 0 saturated heterocycles. The molecule has 0 spiro atoms. The molecule has 4 nitrogen and oxygen atoms in total. The van der Waals surface area contributed by atoms with Gasteiger partial charge in [0.05, 0.1) is 18.8 Å². The van der Waals surface area contributed by atoms with Crippen LogP contribution in [0.5, 0.6) is 0 Å². The van der Waals surface area contributed by atoms with Gasteiger partial charge >= 0.3 is 0 Å². The smallest absolute Gasteiger partial charge is 0.154 e. The Morgan fingerprint density at radius 2 is 1.87 bits per heavy atom. The van der Waals surface area contributed by atoms with E-state index >= 15 is 0 Å². The zero-order chi connectivity index (χ0) is 21.7. The van der Waals surface area contributed by atoms with Crippen LogP contribution < -0.4 is 0 Å². The van der Waals surface area contributed by atoms with Crippen molar-refractivity contribution in [2.24, 2.45) is 40.4 Å². The van der Waals surface area contributed by atoms with Crippen LogP contribution in [0.1, 0.15) is 79.6 Å². The van der Waals surface area contributed by atoms with E-state index < -0.39 is 6.10 Å². The Labute approximate surface area is 183 Å². The van der Waals surface area contributed by atoms with Crippen molar-refractivity contribution >= 4 is 0 Å². The molecule has 172 valence electrons. The van der Waals surface area contributed by atoms with Gasteiger partial charge in [0.2, 0.25) is 0 Å². The van der Waals surface area contributed by atoms with Gasteiger partial charge in [-0.1, -0.05) is 32.4 Å². The first kappa shape index (κ1) is 22.8. The molecule has 10 atom stereocenters. The quantitative estimate of drug-likeness (QED) is 0.472. The first-order valence-corrected chi connectivity index (χ1v) is 12.5. The van der Waals surface area contributed by atoms with Crippen molar-refractivity contribution in [3.63, 3.8) is 0 Å². The number of hydrogen-bond acceptors (Lipinski definition) is 4. The zero-order valence-electron chi connectivity index (χ0n) is 19.8. The minimum absolute atomic E-state index is 0.122. The normalized spacial score (nSPS) is 47.6. The lowest BCUT2D eigenvalue weighted by Gasteiger charge is -2.59. The fourth-order valence-corrected chi connectivity index (χ4v) is 8.36. The Morgan fingerprint density at radius 3 is 2.60 bits per heavy atom. The molecule has 0 radical (unpaired) electrons. The second kappa shape index (κ2) is 8.50. The second-order valence-corrected chi connectivity index (χ2v) is 11.3. The van der Waals surface area contributed by atoms with Gasteiger partial charge in [0.25, 0.3) is 0 Å². The number of ether oxygens (including phenoxy) is 2. The lowest BCUT2D eigenvalue weighted by atomic mass is 9.46. The summed E-state index contributed by atoms with van der Waals surface area (Å²) in [4.78, 5) is 0. The average Bonchev–Trinajstić information content (AvgIpc) is 3.05. The minimum atomic E-state index is -0.408. The maximum absolute atomic E-state index is 11.1. The third-order valence-electron chi connectivity index (χ3n) is 9.93. The zero-order valence-corrected chi connectivity index (χ0v) is 19.8. The Hall–Kier alpha value is -0.420. The molecular weight excluding hydrogens is 376 g/mol. The van der Waals surface area contributed by atoms with Gasteiger partial charge in [-0.3, -0.25) is 0 Å². The van der Waals surface area contributed by atoms with E-state index in [1.54, 1.807) is 0 Å². The van der Waals surface area contributed by atoms with Crippen molar-refractivity contribution in [2.45, 2.75) is 98.1 Å². The highest BCUT2D eigenvalue weighted by molar-refractivity contribution is 5.27. The van der Waals surface area contributed by atoms with Crippen molar-refractivity contribution in [3.05, 3.63) is 11.6 Å². The molecule has 0 amide bonds. The maximum atomic E-state index is 11.1. The topological polar surface area (TPSA) is 58.9 Å².